The summed E-state index contributed by atoms with van der Waals surface area (Å²) in [5.74, 6) is 2.77. The van der Waals surface area contributed by atoms with Crippen molar-refractivity contribution in [2.24, 2.45) is 23.2 Å². The van der Waals surface area contributed by atoms with Crippen molar-refractivity contribution < 1.29 is 4.79 Å². The first kappa shape index (κ1) is 18.7. The normalized spacial score (nSPS) is 34.2. The van der Waals surface area contributed by atoms with Crippen molar-refractivity contribution in [2.75, 3.05) is 44.2 Å². The Bertz CT molecular complexity index is 716. The minimum Gasteiger partial charge on any atom is -0.369 e. The van der Waals surface area contributed by atoms with E-state index in [1.807, 2.05) is 12.1 Å². The van der Waals surface area contributed by atoms with Crippen LogP contribution in [-0.2, 0) is 4.79 Å². The monoisotopic (exact) mass is 401 g/mol. The van der Waals surface area contributed by atoms with E-state index >= 15 is 0 Å². The molecule has 5 fully saturated rings. The van der Waals surface area contributed by atoms with Crippen LogP contribution in [0, 0.1) is 23.2 Å². The second-order valence-electron chi connectivity index (χ2n) is 9.62. The molecule has 0 aromatic heterocycles. The van der Waals surface area contributed by atoms with Gasteiger partial charge in [0, 0.05) is 43.4 Å². The highest BCUT2D eigenvalue weighted by atomic mass is 35.5. The van der Waals surface area contributed by atoms with Crippen LogP contribution in [-0.4, -0.2) is 50.1 Å². The molecule has 1 aliphatic heterocycles. The number of carbonyl (C=O) groups excluding carboxylic acids is 1. The van der Waals surface area contributed by atoms with E-state index in [0.29, 0.717) is 11.8 Å². The van der Waals surface area contributed by atoms with Crippen molar-refractivity contribution in [3.63, 3.8) is 0 Å². The number of nitrogens with one attached hydrogen (secondary N) is 1. The Morgan fingerprint density at radius 2 is 1.86 bits per heavy atom. The number of benzene rings is 1. The van der Waals surface area contributed by atoms with Gasteiger partial charge in [0.05, 0.1) is 5.41 Å². The van der Waals surface area contributed by atoms with Crippen molar-refractivity contribution >= 4 is 23.2 Å². The van der Waals surface area contributed by atoms with E-state index < -0.39 is 0 Å². The lowest BCUT2D eigenvalue weighted by Crippen LogP contribution is -2.47. The summed E-state index contributed by atoms with van der Waals surface area (Å²) < 4.78 is 0. The minimum atomic E-state index is 0.0240. The fourth-order valence-corrected chi connectivity index (χ4v) is 6.93. The van der Waals surface area contributed by atoms with E-state index in [0.717, 1.165) is 62.5 Å². The fourth-order valence-electron chi connectivity index (χ4n) is 6.75. The lowest BCUT2D eigenvalue weighted by Gasteiger charge is -2.36. The van der Waals surface area contributed by atoms with Crippen LogP contribution in [0.5, 0.6) is 0 Å². The molecule has 4 bridgehead atoms. The van der Waals surface area contributed by atoms with Crippen LogP contribution in [0.3, 0.4) is 0 Å². The number of rotatable bonds is 6. The molecule has 1 aromatic carbocycles. The first-order valence-corrected chi connectivity index (χ1v) is 11.5. The Morgan fingerprint density at radius 1 is 1.11 bits per heavy atom. The third kappa shape index (κ3) is 3.43. The second-order valence-corrected chi connectivity index (χ2v) is 10.1. The van der Waals surface area contributed by atoms with Gasteiger partial charge in [0.25, 0.3) is 0 Å². The van der Waals surface area contributed by atoms with Gasteiger partial charge in [-0.1, -0.05) is 17.7 Å². The molecule has 1 saturated heterocycles. The number of hydrogen-bond acceptors (Lipinski definition) is 3. The quantitative estimate of drug-likeness (QED) is 0.736. The highest BCUT2D eigenvalue weighted by Gasteiger charge is 2.61. The van der Waals surface area contributed by atoms with Gasteiger partial charge < -0.3 is 10.2 Å². The van der Waals surface area contributed by atoms with Crippen molar-refractivity contribution in [3.8, 4) is 0 Å². The van der Waals surface area contributed by atoms with Gasteiger partial charge in [-0.2, -0.15) is 0 Å². The summed E-state index contributed by atoms with van der Waals surface area (Å²) in [5, 5.41) is 4.12. The number of hydrogen-bond donors (Lipinski definition) is 1. The van der Waals surface area contributed by atoms with E-state index in [-0.39, 0.29) is 5.41 Å². The number of anilines is 1. The second kappa shape index (κ2) is 7.53. The van der Waals surface area contributed by atoms with E-state index in [1.54, 1.807) is 0 Å². The molecular weight excluding hydrogens is 370 g/mol. The maximum atomic E-state index is 13.0. The van der Waals surface area contributed by atoms with E-state index in [2.05, 4.69) is 27.2 Å². The Hall–Kier alpha value is -1.26. The number of carbonyl (C=O) groups is 1. The molecule has 1 N–H and O–H groups in total. The van der Waals surface area contributed by atoms with Crippen LogP contribution in [0.15, 0.2) is 24.3 Å². The highest BCUT2D eigenvalue weighted by Crippen LogP contribution is 2.65. The topological polar surface area (TPSA) is 35.6 Å². The van der Waals surface area contributed by atoms with Gasteiger partial charge in [-0.05, 0) is 81.0 Å². The molecule has 4 saturated carbocycles. The van der Waals surface area contributed by atoms with Gasteiger partial charge in [-0.3, -0.25) is 9.69 Å². The summed E-state index contributed by atoms with van der Waals surface area (Å²) in [6.45, 7) is 6.15. The van der Waals surface area contributed by atoms with Crippen molar-refractivity contribution in [1.82, 2.24) is 10.2 Å². The van der Waals surface area contributed by atoms with Crippen molar-refractivity contribution in [2.45, 2.75) is 38.5 Å². The van der Waals surface area contributed by atoms with Gasteiger partial charge in [0.2, 0.25) is 5.91 Å². The number of piperazine rings is 1. The SMILES string of the molecule is O=C(NCCCN1CCN(c2cccc(Cl)c2)CC1)C12CC3CC(CC1C3)C2. The van der Waals surface area contributed by atoms with Crippen LogP contribution in [0.25, 0.3) is 0 Å². The zero-order valence-electron chi connectivity index (χ0n) is 16.7. The molecule has 1 amide bonds. The Labute approximate surface area is 173 Å². The molecule has 1 heterocycles. The average molecular weight is 402 g/mol. The summed E-state index contributed by atoms with van der Waals surface area (Å²) in [5.41, 5.74) is 1.25. The molecule has 2 atom stereocenters. The lowest BCUT2D eigenvalue weighted by atomic mass is 9.75. The molecule has 152 valence electrons. The molecule has 0 spiro atoms. The summed E-state index contributed by atoms with van der Waals surface area (Å²) in [4.78, 5) is 17.9. The Balaban J connectivity index is 1.04. The van der Waals surface area contributed by atoms with Crippen LogP contribution in [0.4, 0.5) is 5.69 Å². The molecule has 1 aromatic rings. The zero-order chi connectivity index (χ0) is 19.1. The third-order valence-corrected chi connectivity index (χ3v) is 8.16. The van der Waals surface area contributed by atoms with Crippen LogP contribution in [0.1, 0.15) is 38.5 Å². The van der Waals surface area contributed by atoms with Gasteiger partial charge in [-0.15, -0.1) is 0 Å². The molecular formula is C23H32ClN3O. The largest absolute Gasteiger partial charge is 0.369 e. The zero-order valence-corrected chi connectivity index (χ0v) is 17.5. The first-order valence-electron chi connectivity index (χ1n) is 11.1. The van der Waals surface area contributed by atoms with E-state index in [9.17, 15) is 4.79 Å². The van der Waals surface area contributed by atoms with Gasteiger partial charge >= 0.3 is 0 Å². The van der Waals surface area contributed by atoms with Gasteiger partial charge in [0.1, 0.15) is 0 Å². The number of amides is 1. The first-order chi connectivity index (χ1) is 13.6. The molecule has 4 nitrogen and oxygen atoms in total. The maximum absolute atomic E-state index is 13.0. The predicted molar refractivity (Wildman–Crippen MR) is 114 cm³/mol. The van der Waals surface area contributed by atoms with Gasteiger partial charge in [0.15, 0.2) is 0 Å². The molecule has 4 aliphatic carbocycles. The van der Waals surface area contributed by atoms with Crippen LogP contribution in [0.2, 0.25) is 5.02 Å². The van der Waals surface area contributed by atoms with Crippen molar-refractivity contribution in [1.29, 1.82) is 0 Å². The standard InChI is InChI=1S/C23H32ClN3O/c24-20-3-1-4-21(14-20)27-9-7-26(8-10-27)6-2-5-25-22(28)23-15-17-11-18(16-23)13-19(23)12-17/h1,3-4,14,17-19H,2,5-13,15-16H2,(H,25,28). The van der Waals surface area contributed by atoms with E-state index in [4.69, 9.17) is 11.6 Å². The summed E-state index contributed by atoms with van der Waals surface area (Å²) in [7, 11) is 0. The fraction of sp³-hybridized carbons (Fsp3) is 0.696. The Kier molecular flexibility index (Phi) is 5.04. The maximum Gasteiger partial charge on any atom is 0.226 e. The molecule has 6 rings (SSSR count). The molecule has 0 radical (unpaired) electrons. The average Bonchev–Trinajstić information content (AvgIpc) is 3.10. The molecule has 5 aliphatic rings. The molecule has 28 heavy (non-hydrogen) atoms. The summed E-state index contributed by atoms with van der Waals surface area (Å²) in [6.07, 6.45) is 7.43. The Morgan fingerprint density at radius 3 is 2.57 bits per heavy atom. The smallest absolute Gasteiger partial charge is 0.226 e. The van der Waals surface area contributed by atoms with E-state index in [1.165, 1.54) is 37.8 Å². The number of halogens is 1. The van der Waals surface area contributed by atoms with Crippen LogP contribution >= 0.6 is 11.6 Å². The highest BCUT2D eigenvalue weighted by molar-refractivity contribution is 6.30. The molecule has 5 heteroatoms. The lowest BCUT2D eigenvalue weighted by molar-refractivity contribution is -0.132. The summed E-state index contributed by atoms with van der Waals surface area (Å²) in [6, 6.07) is 8.14. The van der Waals surface area contributed by atoms with Gasteiger partial charge in [-0.25, -0.2) is 0 Å². The van der Waals surface area contributed by atoms with Crippen molar-refractivity contribution in [3.05, 3.63) is 29.3 Å². The summed E-state index contributed by atoms with van der Waals surface area (Å²) >= 11 is 6.12. The predicted octanol–water partition coefficient (Wildman–Crippen LogP) is 3.79. The number of nitrogens with zero attached hydrogens (tertiary/aromatic N) is 2. The minimum absolute atomic E-state index is 0.0240. The van der Waals surface area contributed by atoms with Crippen LogP contribution < -0.4 is 10.2 Å². The third-order valence-electron chi connectivity index (χ3n) is 7.92. The molecule has 2 unspecified atom stereocenters.